The maximum absolute atomic E-state index is 11.2. The number of esters is 2. The van der Waals surface area contributed by atoms with Crippen molar-refractivity contribution >= 4 is 11.9 Å². The zero-order valence-electron chi connectivity index (χ0n) is 12.4. The summed E-state index contributed by atoms with van der Waals surface area (Å²) in [6.45, 7) is 15.0. The van der Waals surface area contributed by atoms with E-state index in [2.05, 4.69) is 13.2 Å². The van der Waals surface area contributed by atoms with Crippen LogP contribution in [0.25, 0.3) is 0 Å². The van der Waals surface area contributed by atoms with Crippen LogP contribution in [-0.4, -0.2) is 25.2 Å². The summed E-state index contributed by atoms with van der Waals surface area (Å²) < 4.78 is 10.1. The molecule has 0 bridgehead atoms. The van der Waals surface area contributed by atoms with E-state index in [1.807, 2.05) is 13.8 Å². The number of hydrogen-bond acceptors (Lipinski definition) is 4. The SMILES string of the molecule is C=C(C)C(=O)OCCC(C)(C)CCOC(=O)C(=C)C. The number of rotatable bonds is 8. The molecular formula is C15H24O4. The van der Waals surface area contributed by atoms with E-state index in [9.17, 15) is 9.59 Å². The minimum atomic E-state index is -0.371. The molecule has 0 amide bonds. The highest BCUT2D eigenvalue weighted by atomic mass is 16.5. The van der Waals surface area contributed by atoms with E-state index in [-0.39, 0.29) is 17.4 Å². The van der Waals surface area contributed by atoms with Gasteiger partial charge in [0.25, 0.3) is 0 Å². The molecule has 0 aromatic carbocycles. The van der Waals surface area contributed by atoms with Crippen LogP contribution in [0.3, 0.4) is 0 Å². The van der Waals surface area contributed by atoms with E-state index in [4.69, 9.17) is 9.47 Å². The fraction of sp³-hybridized carbons (Fsp3) is 0.600. The van der Waals surface area contributed by atoms with Crippen LogP contribution in [0, 0.1) is 5.41 Å². The molecule has 0 unspecified atom stereocenters. The molecular weight excluding hydrogens is 244 g/mol. The lowest BCUT2D eigenvalue weighted by atomic mass is 9.86. The van der Waals surface area contributed by atoms with Crippen LogP contribution >= 0.6 is 0 Å². The van der Waals surface area contributed by atoms with Crippen LogP contribution < -0.4 is 0 Å². The summed E-state index contributed by atoms with van der Waals surface area (Å²) in [6, 6.07) is 0. The van der Waals surface area contributed by atoms with Gasteiger partial charge in [0, 0.05) is 11.1 Å². The zero-order chi connectivity index (χ0) is 15.1. The molecule has 0 aromatic heterocycles. The van der Waals surface area contributed by atoms with Gasteiger partial charge in [0.1, 0.15) is 0 Å². The van der Waals surface area contributed by atoms with Gasteiger partial charge in [0.15, 0.2) is 0 Å². The van der Waals surface area contributed by atoms with Gasteiger partial charge in [-0.2, -0.15) is 0 Å². The molecule has 0 rings (SSSR count). The van der Waals surface area contributed by atoms with Gasteiger partial charge < -0.3 is 9.47 Å². The molecule has 0 spiro atoms. The summed E-state index contributed by atoms with van der Waals surface area (Å²) in [5, 5.41) is 0. The summed E-state index contributed by atoms with van der Waals surface area (Å²) in [5.74, 6) is -0.742. The van der Waals surface area contributed by atoms with Gasteiger partial charge in [0.2, 0.25) is 0 Å². The molecule has 4 nitrogen and oxygen atoms in total. The van der Waals surface area contributed by atoms with Crippen molar-refractivity contribution < 1.29 is 19.1 Å². The molecule has 108 valence electrons. The Morgan fingerprint density at radius 3 is 1.47 bits per heavy atom. The molecule has 0 fully saturated rings. The largest absolute Gasteiger partial charge is 0.462 e. The monoisotopic (exact) mass is 268 g/mol. The van der Waals surface area contributed by atoms with Crippen molar-refractivity contribution in [1.29, 1.82) is 0 Å². The average Bonchev–Trinajstić information content (AvgIpc) is 2.27. The molecule has 0 aliphatic carbocycles. The smallest absolute Gasteiger partial charge is 0.333 e. The van der Waals surface area contributed by atoms with Crippen LogP contribution in [0.1, 0.15) is 40.5 Å². The third kappa shape index (κ3) is 8.19. The Labute approximate surface area is 115 Å². The third-order valence-corrected chi connectivity index (χ3v) is 2.72. The molecule has 0 heterocycles. The molecule has 0 aliphatic heterocycles. The Kier molecular flexibility index (Phi) is 7.12. The highest BCUT2D eigenvalue weighted by Crippen LogP contribution is 2.25. The van der Waals surface area contributed by atoms with Crippen LogP contribution in [0.4, 0.5) is 0 Å². The number of carbonyl (C=O) groups excluding carboxylic acids is 2. The fourth-order valence-corrected chi connectivity index (χ4v) is 1.21. The van der Waals surface area contributed by atoms with Gasteiger partial charge in [-0.15, -0.1) is 0 Å². The Hall–Kier alpha value is -1.58. The summed E-state index contributed by atoms with van der Waals surface area (Å²) in [4.78, 5) is 22.4. The molecule has 0 N–H and O–H groups in total. The quantitative estimate of drug-likeness (QED) is 0.501. The van der Waals surface area contributed by atoms with E-state index in [0.29, 0.717) is 37.2 Å². The predicted octanol–water partition coefficient (Wildman–Crippen LogP) is 3.03. The second-order valence-electron chi connectivity index (χ2n) is 5.50. The van der Waals surface area contributed by atoms with E-state index in [1.54, 1.807) is 13.8 Å². The van der Waals surface area contributed by atoms with Gasteiger partial charge in [0.05, 0.1) is 13.2 Å². The molecule has 0 aliphatic rings. The van der Waals surface area contributed by atoms with Gasteiger partial charge in [-0.1, -0.05) is 27.0 Å². The second-order valence-corrected chi connectivity index (χ2v) is 5.50. The first-order valence-corrected chi connectivity index (χ1v) is 6.31. The van der Waals surface area contributed by atoms with Crippen molar-refractivity contribution in [2.24, 2.45) is 5.41 Å². The first kappa shape index (κ1) is 17.4. The Bertz CT molecular complexity index is 332. The van der Waals surface area contributed by atoms with Crippen LogP contribution in [-0.2, 0) is 19.1 Å². The van der Waals surface area contributed by atoms with Crippen molar-refractivity contribution in [3.63, 3.8) is 0 Å². The topological polar surface area (TPSA) is 52.6 Å². The normalized spacial score (nSPS) is 10.7. The van der Waals surface area contributed by atoms with Crippen LogP contribution in [0.5, 0.6) is 0 Å². The summed E-state index contributed by atoms with van der Waals surface area (Å²) >= 11 is 0. The van der Waals surface area contributed by atoms with Gasteiger partial charge in [-0.05, 0) is 32.1 Å². The highest BCUT2D eigenvalue weighted by Gasteiger charge is 2.19. The maximum Gasteiger partial charge on any atom is 0.333 e. The van der Waals surface area contributed by atoms with Gasteiger partial charge in [-0.3, -0.25) is 0 Å². The minimum Gasteiger partial charge on any atom is -0.462 e. The van der Waals surface area contributed by atoms with Crippen molar-refractivity contribution in [1.82, 2.24) is 0 Å². The van der Waals surface area contributed by atoms with Gasteiger partial charge in [-0.25, -0.2) is 9.59 Å². The molecule has 0 atom stereocenters. The molecule has 4 heteroatoms. The van der Waals surface area contributed by atoms with E-state index in [0.717, 1.165) is 0 Å². The highest BCUT2D eigenvalue weighted by molar-refractivity contribution is 5.87. The fourth-order valence-electron chi connectivity index (χ4n) is 1.21. The van der Waals surface area contributed by atoms with E-state index >= 15 is 0 Å². The number of carbonyl (C=O) groups is 2. The van der Waals surface area contributed by atoms with Crippen molar-refractivity contribution in [2.75, 3.05) is 13.2 Å². The second kappa shape index (κ2) is 7.77. The van der Waals surface area contributed by atoms with E-state index in [1.165, 1.54) is 0 Å². The third-order valence-electron chi connectivity index (χ3n) is 2.72. The average molecular weight is 268 g/mol. The van der Waals surface area contributed by atoms with Gasteiger partial charge >= 0.3 is 11.9 Å². The lowest BCUT2D eigenvalue weighted by Crippen LogP contribution is -2.20. The summed E-state index contributed by atoms with van der Waals surface area (Å²) in [5.41, 5.74) is 0.728. The maximum atomic E-state index is 11.2. The van der Waals surface area contributed by atoms with Crippen LogP contribution in [0.2, 0.25) is 0 Å². The molecule has 0 saturated heterocycles. The summed E-state index contributed by atoms with van der Waals surface area (Å²) in [6.07, 6.45) is 1.41. The standard InChI is InChI=1S/C15H24O4/c1-11(2)13(16)18-9-7-15(5,6)8-10-19-14(17)12(3)4/h1,3,7-10H2,2,4-6H3. The Morgan fingerprint density at radius 2 is 1.21 bits per heavy atom. The zero-order valence-corrected chi connectivity index (χ0v) is 12.4. The van der Waals surface area contributed by atoms with E-state index < -0.39 is 0 Å². The first-order valence-electron chi connectivity index (χ1n) is 6.31. The molecule has 0 aromatic rings. The minimum absolute atomic E-state index is 0.0648. The summed E-state index contributed by atoms with van der Waals surface area (Å²) in [7, 11) is 0. The predicted molar refractivity (Wildman–Crippen MR) is 74.6 cm³/mol. The van der Waals surface area contributed by atoms with Crippen molar-refractivity contribution in [2.45, 2.75) is 40.5 Å². The molecule has 0 saturated carbocycles. The van der Waals surface area contributed by atoms with Crippen molar-refractivity contribution in [3.8, 4) is 0 Å². The van der Waals surface area contributed by atoms with Crippen LogP contribution in [0.15, 0.2) is 24.3 Å². The van der Waals surface area contributed by atoms with Crippen molar-refractivity contribution in [3.05, 3.63) is 24.3 Å². The molecule has 0 radical (unpaired) electrons. The first-order chi connectivity index (χ1) is 8.65. The number of ether oxygens (including phenoxy) is 2. The Balaban J connectivity index is 3.92. The lowest BCUT2D eigenvalue weighted by molar-refractivity contribution is -0.139. The number of hydrogen-bond donors (Lipinski definition) is 0. The molecule has 19 heavy (non-hydrogen) atoms. The Morgan fingerprint density at radius 1 is 0.895 bits per heavy atom. The lowest BCUT2D eigenvalue weighted by Gasteiger charge is -2.24.